The van der Waals surface area contributed by atoms with E-state index in [1.807, 2.05) is 12.1 Å². The van der Waals surface area contributed by atoms with Crippen LogP contribution >= 0.6 is 39.1 Å². The second kappa shape index (κ2) is 7.63. The molecule has 0 heterocycles. The highest BCUT2D eigenvalue weighted by atomic mass is 79.9. The molecular weight excluding hydrogens is 391 g/mol. The van der Waals surface area contributed by atoms with Crippen LogP contribution in [0, 0.1) is 0 Å². The van der Waals surface area contributed by atoms with Crippen molar-refractivity contribution in [1.82, 2.24) is 5.43 Å². The number of rotatable bonds is 4. The van der Waals surface area contributed by atoms with Crippen molar-refractivity contribution in [3.8, 4) is 5.75 Å². The summed E-state index contributed by atoms with van der Waals surface area (Å²) in [4.78, 5) is 12.0. The molecule has 0 bridgehead atoms. The van der Waals surface area contributed by atoms with Crippen LogP contribution < -0.4 is 10.2 Å². The summed E-state index contributed by atoms with van der Waals surface area (Å²) >= 11 is 15.1. The van der Waals surface area contributed by atoms with Gasteiger partial charge in [0.15, 0.2) is 0 Å². The lowest BCUT2D eigenvalue weighted by Gasteiger charge is -2.04. The Bertz CT molecular complexity index is 735. The molecule has 0 fully saturated rings. The van der Waals surface area contributed by atoms with E-state index >= 15 is 0 Å². The average molecular weight is 402 g/mol. The van der Waals surface area contributed by atoms with Gasteiger partial charge in [0.2, 0.25) is 0 Å². The van der Waals surface area contributed by atoms with Crippen LogP contribution in [-0.2, 0) is 0 Å². The van der Waals surface area contributed by atoms with Crippen molar-refractivity contribution in [2.75, 3.05) is 7.11 Å². The number of nitrogens with one attached hydrogen (secondary N) is 1. The number of carbonyl (C=O) groups is 1. The van der Waals surface area contributed by atoms with E-state index in [1.165, 1.54) is 12.3 Å². The fourth-order valence-corrected chi connectivity index (χ4v) is 2.71. The lowest BCUT2D eigenvalue weighted by atomic mass is 10.2. The molecule has 2 aromatic rings. The highest BCUT2D eigenvalue weighted by molar-refractivity contribution is 9.10. The van der Waals surface area contributed by atoms with Crippen molar-refractivity contribution >= 4 is 51.3 Å². The zero-order chi connectivity index (χ0) is 16.1. The van der Waals surface area contributed by atoms with Gasteiger partial charge in [-0.25, -0.2) is 5.43 Å². The van der Waals surface area contributed by atoms with Gasteiger partial charge in [-0.3, -0.25) is 4.79 Å². The van der Waals surface area contributed by atoms with Crippen LogP contribution in [0.4, 0.5) is 0 Å². The lowest BCUT2D eigenvalue weighted by molar-refractivity contribution is 0.0955. The summed E-state index contributed by atoms with van der Waals surface area (Å²) < 4.78 is 5.93. The number of carbonyl (C=O) groups excluding carboxylic acids is 1. The van der Waals surface area contributed by atoms with Crippen LogP contribution in [0.25, 0.3) is 0 Å². The number of hydrogen-bond donors (Lipinski definition) is 1. The maximum absolute atomic E-state index is 12.0. The molecule has 2 aromatic carbocycles. The maximum Gasteiger partial charge on any atom is 0.272 e. The van der Waals surface area contributed by atoms with E-state index in [1.54, 1.807) is 25.3 Å². The Balaban J connectivity index is 2.05. The second-order valence-electron chi connectivity index (χ2n) is 4.22. The Morgan fingerprint density at radius 1 is 1.27 bits per heavy atom. The summed E-state index contributed by atoms with van der Waals surface area (Å²) in [5.41, 5.74) is 3.52. The fraction of sp³-hybridized carbons (Fsp3) is 0.0667. The van der Waals surface area contributed by atoms with Crippen molar-refractivity contribution < 1.29 is 9.53 Å². The van der Waals surface area contributed by atoms with E-state index < -0.39 is 5.91 Å². The average Bonchev–Trinajstić information content (AvgIpc) is 2.47. The topological polar surface area (TPSA) is 50.7 Å². The Morgan fingerprint density at radius 3 is 2.68 bits per heavy atom. The standard InChI is InChI=1S/C15H11BrCl2N2O2/c1-22-14-5-2-9(6-12(14)16)8-19-20-15(21)11-4-3-10(17)7-13(11)18/h2-8H,1H3,(H,20,21)/b19-8+. The molecule has 0 radical (unpaired) electrons. The molecule has 1 N–H and O–H groups in total. The Hall–Kier alpha value is -1.56. The van der Waals surface area contributed by atoms with Crippen LogP contribution in [0.3, 0.4) is 0 Å². The van der Waals surface area contributed by atoms with Crippen molar-refractivity contribution in [2.45, 2.75) is 0 Å². The molecule has 0 spiro atoms. The van der Waals surface area contributed by atoms with Gasteiger partial charge in [0.05, 0.1) is 28.4 Å². The number of benzene rings is 2. The van der Waals surface area contributed by atoms with E-state index in [-0.39, 0.29) is 5.02 Å². The number of methoxy groups -OCH3 is 1. The van der Waals surface area contributed by atoms with E-state index in [0.29, 0.717) is 16.3 Å². The van der Waals surface area contributed by atoms with Crippen LogP contribution in [-0.4, -0.2) is 19.2 Å². The van der Waals surface area contributed by atoms with Crippen LogP contribution in [0.15, 0.2) is 46.0 Å². The first-order chi connectivity index (χ1) is 10.5. The van der Waals surface area contributed by atoms with Gasteiger partial charge in [-0.05, 0) is 57.9 Å². The summed E-state index contributed by atoms with van der Waals surface area (Å²) in [6.07, 6.45) is 1.52. The number of halogens is 3. The number of nitrogens with zero attached hydrogens (tertiary/aromatic N) is 1. The van der Waals surface area contributed by atoms with Gasteiger partial charge >= 0.3 is 0 Å². The maximum atomic E-state index is 12.0. The molecule has 7 heteroatoms. The summed E-state index contributed by atoms with van der Waals surface area (Å²) in [6, 6.07) is 10.1. The van der Waals surface area contributed by atoms with Crippen LogP contribution in [0.2, 0.25) is 10.0 Å². The van der Waals surface area contributed by atoms with Gasteiger partial charge in [0, 0.05) is 5.02 Å². The summed E-state index contributed by atoms with van der Waals surface area (Å²) in [5.74, 6) is 0.305. The van der Waals surface area contributed by atoms with Gasteiger partial charge in [-0.15, -0.1) is 0 Å². The molecular formula is C15H11BrCl2N2O2. The predicted molar refractivity (Wildman–Crippen MR) is 92.2 cm³/mol. The van der Waals surface area contributed by atoms with E-state index in [0.717, 1.165) is 10.0 Å². The monoisotopic (exact) mass is 400 g/mol. The smallest absolute Gasteiger partial charge is 0.272 e. The number of amides is 1. The molecule has 0 aliphatic rings. The Morgan fingerprint density at radius 2 is 2.05 bits per heavy atom. The summed E-state index contributed by atoms with van der Waals surface area (Å²) in [6.45, 7) is 0. The normalized spacial score (nSPS) is 10.7. The Labute approximate surface area is 146 Å². The highest BCUT2D eigenvalue weighted by Crippen LogP contribution is 2.25. The number of hydrogen-bond acceptors (Lipinski definition) is 3. The molecule has 114 valence electrons. The first kappa shape index (κ1) is 16.8. The molecule has 4 nitrogen and oxygen atoms in total. The second-order valence-corrected chi connectivity index (χ2v) is 5.92. The Kier molecular flexibility index (Phi) is 5.83. The zero-order valence-corrected chi connectivity index (χ0v) is 14.5. The van der Waals surface area contributed by atoms with Gasteiger partial charge in [0.1, 0.15) is 5.75 Å². The van der Waals surface area contributed by atoms with Gasteiger partial charge < -0.3 is 4.74 Å². The van der Waals surface area contributed by atoms with Crippen molar-refractivity contribution in [1.29, 1.82) is 0 Å². The van der Waals surface area contributed by atoms with Crippen LogP contribution in [0.5, 0.6) is 5.75 Å². The number of ether oxygens (including phenoxy) is 1. The van der Waals surface area contributed by atoms with Crippen LogP contribution in [0.1, 0.15) is 15.9 Å². The minimum absolute atomic E-state index is 0.271. The molecule has 1 amide bonds. The molecule has 0 aliphatic heterocycles. The van der Waals surface area contributed by atoms with E-state index in [4.69, 9.17) is 27.9 Å². The first-order valence-corrected chi connectivity index (χ1v) is 7.68. The molecule has 2 rings (SSSR count). The zero-order valence-electron chi connectivity index (χ0n) is 11.4. The summed E-state index contributed by atoms with van der Waals surface area (Å²) in [7, 11) is 1.59. The minimum Gasteiger partial charge on any atom is -0.496 e. The number of hydrazone groups is 1. The van der Waals surface area contributed by atoms with E-state index in [9.17, 15) is 4.79 Å². The van der Waals surface area contributed by atoms with Gasteiger partial charge in [-0.2, -0.15) is 5.10 Å². The molecule has 0 atom stereocenters. The highest BCUT2D eigenvalue weighted by Gasteiger charge is 2.09. The third kappa shape index (κ3) is 4.22. The fourth-order valence-electron chi connectivity index (χ4n) is 1.66. The molecule has 0 aromatic heterocycles. The summed E-state index contributed by atoms with van der Waals surface area (Å²) in [5, 5.41) is 4.64. The van der Waals surface area contributed by atoms with Gasteiger partial charge in [0.25, 0.3) is 5.91 Å². The molecule has 0 saturated carbocycles. The third-order valence-corrected chi connectivity index (χ3v) is 3.90. The largest absolute Gasteiger partial charge is 0.496 e. The first-order valence-electron chi connectivity index (χ1n) is 6.13. The molecule has 0 saturated heterocycles. The molecule has 0 unspecified atom stereocenters. The van der Waals surface area contributed by atoms with Crippen molar-refractivity contribution in [2.24, 2.45) is 5.10 Å². The minimum atomic E-state index is -0.412. The predicted octanol–water partition coefficient (Wildman–Crippen LogP) is 4.53. The van der Waals surface area contributed by atoms with Gasteiger partial charge in [-0.1, -0.05) is 23.2 Å². The van der Waals surface area contributed by atoms with Crippen molar-refractivity contribution in [3.05, 3.63) is 62.0 Å². The molecule has 22 heavy (non-hydrogen) atoms. The molecule has 0 aliphatic carbocycles. The SMILES string of the molecule is COc1ccc(/C=N/NC(=O)c2ccc(Cl)cc2Cl)cc1Br. The quantitative estimate of drug-likeness (QED) is 0.604. The van der Waals surface area contributed by atoms with Crippen molar-refractivity contribution in [3.63, 3.8) is 0 Å². The lowest BCUT2D eigenvalue weighted by Crippen LogP contribution is -2.18. The third-order valence-electron chi connectivity index (χ3n) is 2.73. The van der Waals surface area contributed by atoms with E-state index in [2.05, 4.69) is 26.5 Å².